The molecule has 0 saturated heterocycles. The van der Waals surface area contributed by atoms with Crippen molar-refractivity contribution in [1.29, 1.82) is 0 Å². The minimum absolute atomic E-state index is 0.130. The van der Waals surface area contributed by atoms with Crippen LogP contribution in [0.15, 0.2) is 35.3 Å². The zero-order valence-corrected chi connectivity index (χ0v) is 20.1. The Morgan fingerprint density at radius 3 is 2.45 bits per heavy atom. The SMILES string of the molecule is CCCCCC1=NC(c2ccc(C)cc2)=CC(OC)N1CCNC(C(C)C)C(O)OC. The van der Waals surface area contributed by atoms with Crippen molar-refractivity contribution in [2.45, 2.75) is 71.9 Å². The summed E-state index contributed by atoms with van der Waals surface area (Å²) >= 11 is 0. The first kappa shape index (κ1) is 25.5. The highest BCUT2D eigenvalue weighted by Gasteiger charge is 2.27. The molecule has 174 valence electrons. The van der Waals surface area contributed by atoms with Gasteiger partial charge in [0.1, 0.15) is 5.84 Å². The van der Waals surface area contributed by atoms with E-state index in [1.807, 2.05) is 0 Å². The lowest BCUT2D eigenvalue weighted by molar-refractivity contribution is -0.106. The number of aliphatic hydroxyl groups excluding tert-OH is 1. The minimum Gasteiger partial charge on any atom is -0.367 e. The molecule has 1 aliphatic rings. The van der Waals surface area contributed by atoms with E-state index in [9.17, 15) is 5.11 Å². The van der Waals surface area contributed by atoms with Gasteiger partial charge in [0, 0.05) is 39.3 Å². The monoisotopic (exact) mass is 431 g/mol. The average molecular weight is 432 g/mol. The van der Waals surface area contributed by atoms with Gasteiger partial charge in [-0.2, -0.15) is 0 Å². The molecule has 6 nitrogen and oxygen atoms in total. The van der Waals surface area contributed by atoms with Crippen LogP contribution < -0.4 is 5.32 Å². The number of hydrogen-bond acceptors (Lipinski definition) is 6. The second kappa shape index (κ2) is 13.0. The molecule has 1 aliphatic heterocycles. The Balaban J connectivity index is 2.17. The number of rotatable bonds is 13. The number of aryl methyl sites for hydroxylation is 1. The number of aliphatic imine (C=N–C) groups is 1. The zero-order chi connectivity index (χ0) is 22.8. The second-order valence-electron chi connectivity index (χ2n) is 8.57. The average Bonchev–Trinajstić information content (AvgIpc) is 2.76. The van der Waals surface area contributed by atoms with Crippen molar-refractivity contribution in [3.8, 4) is 0 Å². The normalized spacial score (nSPS) is 18.7. The fraction of sp³-hybridized carbons (Fsp3) is 0.640. The molecular weight excluding hydrogens is 390 g/mol. The molecule has 3 unspecified atom stereocenters. The van der Waals surface area contributed by atoms with Crippen LogP contribution in [-0.4, -0.2) is 61.7 Å². The molecule has 0 saturated carbocycles. The fourth-order valence-corrected chi connectivity index (χ4v) is 3.85. The van der Waals surface area contributed by atoms with Crippen molar-refractivity contribution in [1.82, 2.24) is 10.2 Å². The number of aliphatic hydroxyl groups is 1. The first-order chi connectivity index (χ1) is 14.9. The van der Waals surface area contributed by atoms with Crippen LogP contribution in [0.5, 0.6) is 0 Å². The van der Waals surface area contributed by atoms with Gasteiger partial charge in [-0.15, -0.1) is 0 Å². The first-order valence-corrected chi connectivity index (χ1v) is 11.5. The van der Waals surface area contributed by atoms with Gasteiger partial charge >= 0.3 is 0 Å². The van der Waals surface area contributed by atoms with Gasteiger partial charge in [-0.1, -0.05) is 63.4 Å². The highest BCUT2D eigenvalue weighted by molar-refractivity contribution is 5.90. The first-order valence-electron chi connectivity index (χ1n) is 11.5. The van der Waals surface area contributed by atoms with Crippen LogP contribution in [0.3, 0.4) is 0 Å². The predicted octanol–water partition coefficient (Wildman–Crippen LogP) is 4.18. The van der Waals surface area contributed by atoms with Gasteiger partial charge in [0.05, 0.1) is 11.7 Å². The summed E-state index contributed by atoms with van der Waals surface area (Å²) in [4.78, 5) is 7.27. The Morgan fingerprint density at radius 2 is 1.87 bits per heavy atom. The van der Waals surface area contributed by atoms with E-state index >= 15 is 0 Å². The van der Waals surface area contributed by atoms with Crippen molar-refractivity contribution >= 4 is 11.5 Å². The lowest BCUT2D eigenvalue weighted by Crippen LogP contribution is -2.50. The van der Waals surface area contributed by atoms with Gasteiger partial charge in [0.2, 0.25) is 0 Å². The number of nitrogens with zero attached hydrogens (tertiary/aromatic N) is 2. The quantitative estimate of drug-likeness (QED) is 0.362. The predicted molar refractivity (Wildman–Crippen MR) is 128 cm³/mol. The van der Waals surface area contributed by atoms with Crippen LogP contribution in [0.1, 0.15) is 57.6 Å². The third kappa shape index (κ3) is 7.42. The summed E-state index contributed by atoms with van der Waals surface area (Å²) in [6, 6.07) is 8.35. The van der Waals surface area contributed by atoms with Crippen LogP contribution >= 0.6 is 0 Å². The fourth-order valence-electron chi connectivity index (χ4n) is 3.85. The molecule has 3 atom stereocenters. The number of nitrogens with one attached hydrogen (secondary N) is 1. The van der Waals surface area contributed by atoms with Gasteiger partial charge in [0.15, 0.2) is 12.5 Å². The molecule has 0 amide bonds. The Hall–Kier alpha value is -1.73. The van der Waals surface area contributed by atoms with Gasteiger partial charge < -0.3 is 24.8 Å². The molecule has 1 heterocycles. The Morgan fingerprint density at radius 1 is 1.16 bits per heavy atom. The van der Waals surface area contributed by atoms with Crippen LogP contribution in [0.25, 0.3) is 5.70 Å². The molecule has 1 aromatic carbocycles. The molecule has 1 aromatic rings. The van der Waals surface area contributed by atoms with E-state index in [0.717, 1.165) is 36.5 Å². The van der Waals surface area contributed by atoms with E-state index in [4.69, 9.17) is 14.5 Å². The Labute approximate surface area is 188 Å². The molecule has 31 heavy (non-hydrogen) atoms. The largest absolute Gasteiger partial charge is 0.367 e. The van der Waals surface area contributed by atoms with Crippen molar-refractivity contribution in [2.24, 2.45) is 10.9 Å². The summed E-state index contributed by atoms with van der Waals surface area (Å²) < 4.78 is 11.0. The van der Waals surface area contributed by atoms with Gasteiger partial charge in [-0.05, 0) is 25.3 Å². The van der Waals surface area contributed by atoms with Gasteiger partial charge in [-0.3, -0.25) is 0 Å². The Bertz CT molecular complexity index is 715. The molecule has 0 aromatic heterocycles. The highest BCUT2D eigenvalue weighted by Crippen LogP contribution is 2.26. The third-order valence-corrected chi connectivity index (χ3v) is 5.78. The molecule has 0 fully saturated rings. The lowest BCUT2D eigenvalue weighted by atomic mass is 10.0. The van der Waals surface area contributed by atoms with Crippen molar-refractivity contribution in [3.05, 3.63) is 41.5 Å². The number of amidine groups is 1. The van der Waals surface area contributed by atoms with Gasteiger partial charge in [0.25, 0.3) is 0 Å². The third-order valence-electron chi connectivity index (χ3n) is 5.78. The minimum atomic E-state index is -0.828. The number of benzene rings is 1. The van der Waals surface area contributed by atoms with Crippen molar-refractivity contribution in [3.63, 3.8) is 0 Å². The van der Waals surface area contributed by atoms with Crippen LogP contribution in [-0.2, 0) is 9.47 Å². The molecule has 0 radical (unpaired) electrons. The lowest BCUT2D eigenvalue weighted by Gasteiger charge is -2.36. The maximum Gasteiger partial charge on any atom is 0.169 e. The van der Waals surface area contributed by atoms with Crippen LogP contribution in [0, 0.1) is 12.8 Å². The Kier molecular flexibility index (Phi) is 10.7. The molecule has 2 rings (SSSR count). The number of ether oxygens (including phenoxy) is 2. The standard InChI is InChI=1S/C25H41N3O3/c1-7-8-9-10-22-27-21(20-13-11-19(4)12-14-20)17-23(30-5)28(22)16-15-26-24(18(2)3)25(29)31-6/h11-14,17-18,23-26,29H,7-10,15-16H2,1-6H3. The summed E-state index contributed by atoms with van der Waals surface area (Å²) in [5.41, 5.74) is 3.32. The smallest absolute Gasteiger partial charge is 0.169 e. The van der Waals surface area contributed by atoms with Crippen molar-refractivity contribution in [2.75, 3.05) is 27.3 Å². The van der Waals surface area contributed by atoms with E-state index in [1.165, 1.54) is 25.5 Å². The summed E-state index contributed by atoms with van der Waals surface area (Å²) in [5.74, 6) is 1.31. The number of methoxy groups -OCH3 is 2. The maximum atomic E-state index is 10.1. The van der Waals surface area contributed by atoms with E-state index in [1.54, 1.807) is 7.11 Å². The summed E-state index contributed by atoms with van der Waals surface area (Å²) in [6.07, 6.45) is 5.48. The molecule has 0 bridgehead atoms. The van der Waals surface area contributed by atoms with E-state index in [0.29, 0.717) is 6.54 Å². The van der Waals surface area contributed by atoms with E-state index < -0.39 is 6.29 Å². The highest BCUT2D eigenvalue weighted by atomic mass is 16.6. The summed E-state index contributed by atoms with van der Waals surface area (Å²) in [6.45, 7) is 9.90. The van der Waals surface area contributed by atoms with Crippen molar-refractivity contribution < 1.29 is 14.6 Å². The summed E-state index contributed by atoms with van der Waals surface area (Å²) in [5, 5.41) is 13.6. The topological polar surface area (TPSA) is 66.3 Å². The van der Waals surface area contributed by atoms with Gasteiger partial charge in [-0.25, -0.2) is 4.99 Å². The zero-order valence-electron chi connectivity index (χ0n) is 20.1. The molecule has 2 N–H and O–H groups in total. The second-order valence-corrected chi connectivity index (χ2v) is 8.57. The number of hydrogen-bond donors (Lipinski definition) is 2. The molecule has 0 aliphatic carbocycles. The van der Waals surface area contributed by atoms with Crippen LogP contribution in [0.4, 0.5) is 0 Å². The summed E-state index contributed by atoms with van der Waals surface area (Å²) in [7, 11) is 3.28. The number of unbranched alkanes of at least 4 members (excludes halogenated alkanes) is 2. The molecule has 0 spiro atoms. The molecule has 6 heteroatoms. The van der Waals surface area contributed by atoms with Crippen LogP contribution in [0.2, 0.25) is 0 Å². The van der Waals surface area contributed by atoms with E-state index in [2.05, 4.69) is 68.3 Å². The van der Waals surface area contributed by atoms with E-state index in [-0.39, 0.29) is 18.2 Å². The maximum absolute atomic E-state index is 10.1. The molecular formula is C25H41N3O3.